The number of benzene rings is 1. The molecule has 2 fully saturated rings. The maximum absolute atomic E-state index is 12.3. The summed E-state index contributed by atoms with van der Waals surface area (Å²) in [6.07, 6.45) is 6.43. The lowest BCUT2D eigenvalue weighted by Crippen LogP contribution is -2.50. The first-order valence-corrected chi connectivity index (χ1v) is 10.4. The molecular weight excluding hydrogens is 368 g/mol. The van der Waals surface area contributed by atoms with Gasteiger partial charge in [0.15, 0.2) is 0 Å². The summed E-state index contributed by atoms with van der Waals surface area (Å²) in [5.41, 5.74) is 2.38. The maximum Gasteiger partial charge on any atom is 0.410 e. The van der Waals surface area contributed by atoms with E-state index in [2.05, 4.69) is 28.1 Å². The Hall–Kier alpha value is -2.41. The molecule has 2 aliphatic rings. The number of likely N-dealkylation sites (tertiary alicyclic amines) is 1. The second-order valence-electron chi connectivity index (χ2n) is 8.78. The fraction of sp³-hybridized carbons (Fsp3) is 0.591. The molecule has 0 radical (unpaired) electrons. The zero-order valence-electron chi connectivity index (χ0n) is 18.1. The highest BCUT2D eigenvalue weighted by molar-refractivity contribution is 5.72. The molecule has 1 aromatic carbocycles. The number of hydroxylamine groups is 1. The predicted molar refractivity (Wildman–Crippen MR) is 116 cm³/mol. The van der Waals surface area contributed by atoms with Crippen molar-refractivity contribution in [2.75, 3.05) is 56.3 Å². The van der Waals surface area contributed by atoms with E-state index < -0.39 is 5.60 Å². The van der Waals surface area contributed by atoms with Crippen LogP contribution in [0.3, 0.4) is 0 Å². The van der Waals surface area contributed by atoms with Gasteiger partial charge >= 0.3 is 6.09 Å². The van der Waals surface area contributed by atoms with E-state index in [0.29, 0.717) is 13.1 Å². The highest BCUT2D eigenvalue weighted by Crippen LogP contribution is 2.27. The van der Waals surface area contributed by atoms with Crippen molar-refractivity contribution in [3.63, 3.8) is 0 Å². The fourth-order valence-electron chi connectivity index (χ4n) is 3.72. The molecule has 1 aromatic rings. The predicted octanol–water partition coefficient (Wildman–Crippen LogP) is 3.64. The number of hydrogen-bond donors (Lipinski definition) is 1. The van der Waals surface area contributed by atoms with Crippen LogP contribution in [0.4, 0.5) is 16.2 Å². The molecule has 0 aliphatic carbocycles. The lowest BCUT2D eigenvalue weighted by atomic mass is 10.1. The van der Waals surface area contributed by atoms with Gasteiger partial charge in [0.05, 0.1) is 5.69 Å². The van der Waals surface area contributed by atoms with Crippen LogP contribution in [0.5, 0.6) is 0 Å². The molecule has 1 N–H and O–H groups in total. The van der Waals surface area contributed by atoms with Gasteiger partial charge in [-0.15, -0.1) is 0 Å². The van der Waals surface area contributed by atoms with Gasteiger partial charge in [-0.1, -0.05) is 0 Å². The summed E-state index contributed by atoms with van der Waals surface area (Å²) in [5, 5.41) is 11.2. The minimum Gasteiger partial charge on any atom is -0.444 e. The first kappa shape index (κ1) is 21.3. The molecule has 2 saturated heterocycles. The maximum atomic E-state index is 12.3. The molecule has 2 aliphatic heterocycles. The van der Waals surface area contributed by atoms with E-state index >= 15 is 0 Å². The van der Waals surface area contributed by atoms with Crippen LogP contribution in [0.25, 0.3) is 6.08 Å². The van der Waals surface area contributed by atoms with Crippen LogP contribution in [0.2, 0.25) is 0 Å². The zero-order chi connectivity index (χ0) is 21.0. The smallest absolute Gasteiger partial charge is 0.410 e. The van der Waals surface area contributed by atoms with Crippen molar-refractivity contribution in [1.29, 1.82) is 0 Å². The third-order valence-corrected chi connectivity index (χ3v) is 5.26. The number of piperazine rings is 1. The van der Waals surface area contributed by atoms with Gasteiger partial charge in [0.25, 0.3) is 0 Å². The number of carbonyl (C=O) groups is 1. The SMILES string of the molecule is CN(O)c1ccc(N2CCN(C(=O)OC(C)(C)C)CC2)cc1C=CN1CCCC1. The molecule has 0 spiro atoms. The van der Waals surface area contributed by atoms with Crippen LogP contribution in [-0.2, 0) is 4.74 Å². The average molecular weight is 403 g/mol. The molecule has 3 rings (SSSR count). The van der Waals surface area contributed by atoms with E-state index in [9.17, 15) is 10.0 Å². The van der Waals surface area contributed by atoms with E-state index in [4.69, 9.17) is 4.74 Å². The van der Waals surface area contributed by atoms with Crippen molar-refractivity contribution in [2.45, 2.75) is 39.2 Å². The standard InChI is InChI=1S/C22H34N4O3/c1-22(2,3)29-21(27)26-15-13-25(14-16-26)19-7-8-20(23(4)28)18(17-19)9-12-24-10-5-6-11-24/h7-9,12,17,28H,5-6,10-11,13-16H2,1-4H3. The Labute approximate surface area is 174 Å². The minimum absolute atomic E-state index is 0.247. The van der Waals surface area contributed by atoms with E-state index in [0.717, 1.165) is 48.2 Å². The minimum atomic E-state index is -0.475. The van der Waals surface area contributed by atoms with Crippen molar-refractivity contribution in [3.05, 3.63) is 30.0 Å². The largest absolute Gasteiger partial charge is 0.444 e. The average Bonchev–Trinajstić information content (AvgIpc) is 3.18. The van der Waals surface area contributed by atoms with Gasteiger partial charge in [-0.3, -0.25) is 10.3 Å². The summed E-state index contributed by atoms with van der Waals surface area (Å²) in [7, 11) is 1.64. The molecule has 0 aromatic heterocycles. The number of ether oxygens (including phenoxy) is 1. The molecule has 0 atom stereocenters. The van der Waals surface area contributed by atoms with Gasteiger partial charge in [0, 0.05) is 57.6 Å². The Kier molecular flexibility index (Phi) is 6.57. The Morgan fingerprint density at radius 3 is 2.34 bits per heavy atom. The number of rotatable bonds is 4. The van der Waals surface area contributed by atoms with Gasteiger partial charge < -0.3 is 19.4 Å². The molecule has 2 heterocycles. The quantitative estimate of drug-likeness (QED) is 0.776. The summed E-state index contributed by atoms with van der Waals surface area (Å²) in [6, 6.07) is 6.08. The van der Waals surface area contributed by atoms with Gasteiger partial charge in [-0.05, 0) is 64.1 Å². The second-order valence-corrected chi connectivity index (χ2v) is 8.78. The normalized spacial score (nSPS) is 17.9. The number of anilines is 2. The van der Waals surface area contributed by atoms with E-state index in [1.54, 1.807) is 11.9 Å². The van der Waals surface area contributed by atoms with Crippen LogP contribution in [-0.4, -0.2) is 73.0 Å². The number of carbonyl (C=O) groups excluding carboxylic acids is 1. The summed E-state index contributed by atoms with van der Waals surface area (Å²) in [5.74, 6) is 0. The molecule has 0 bridgehead atoms. The summed E-state index contributed by atoms with van der Waals surface area (Å²) in [6.45, 7) is 10.6. The summed E-state index contributed by atoms with van der Waals surface area (Å²) < 4.78 is 5.48. The lowest BCUT2D eigenvalue weighted by Gasteiger charge is -2.37. The molecular formula is C22H34N4O3. The Bertz CT molecular complexity index is 728. The first-order valence-electron chi connectivity index (χ1n) is 10.4. The van der Waals surface area contributed by atoms with E-state index in [1.165, 1.54) is 12.8 Å². The van der Waals surface area contributed by atoms with Crippen LogP contribution >= 0.6 is 0 Å². The van der Waals surface area contributed by atoms with Gasteiger partial charge in [-0.25, -0.2) is 4.79 Å². The molecule has 7 heteroatoms. The Balaban J connectivity index is 1.68. The second kappa shape index (κ2) is 8.95. The number of amides is 1. The Morgan fingerprint density at radius 1 is 1.10 bits per heavy atom. The zero-order valence-corrected chi connectivity index (χ0v) is 18.1. The van der Waals surface area contributed by atoms with Crippen molar-refractivity contribution in [2.24, 2.45) is 0 Å². The van der Waals surface area contributed by atoms with Gasteiger partial charge in [0.1, 0.15) is 5.60 Å². The van der Waals surface area contributed by atoms with Crippen LogP contribution in [0, 0.1) is 0 Å². The molecule has 160 valence electrons. The molecule has 0 saturated carbocycles. The van der Waals surface area contributed by atoms with Crippen LogP contribution in [0.1, 0.15) is 39.2 Å². The lowest BCUT2D eigenvalue weighted by molar-refractivity contribution is 0.0240. The fourth-order valence-corrected chi connectivity index (χ4v) is 3.72. The van der Waals surface area contributed by atoms with Crippen LogP contribution < -0.4 is 9.96 Å². The van der Waals surface area contributed by atoms with E-state index in [1.807, 2.05) is 32.9 Å². The first-order chi connectivity index (χ1) is 13.7. The summed E-state index contributed by atoms with van der Waals surface area (Å²) in [4.78, 5) is 18.6. The molecule has 29 heavy (non-hydrogen) atoms. The number of nitrogens with zero attached hydrogens (tertiary/aromatic N) is 4. The van der Waals surface area contributed by atoms with Crippen molar-refractivity contribution < 1.29 is 14.7 Å². The third-order valence-electron chi connectivity index (χ3n) is 5.26. The third kappa shape index (κ3) is 5.79. The topological polar surface area (TPSA) is 59.5 Å². The van der Waals surface area contributed by atoms with Crippen molar-refractivity contribution in [3.8, 4) is 0 Å². The van der Waals surface area contributed by atoms with Crippen LogP contribution in [0.15, 0.2) is 24.4 Å². The Morgan fingerprint density at radius 2 is 1.76 bits per heavy atom. The highest BCUT2D eigenvalue weighted by Gasteiger charge is 2.26. The van der Waals surface area contributed by atoms with Crippen molar-refractivity contribution in [1.82, 2.24) is 9.80 Å². The van der Waals surface area contributed by atoms with Gasteiger partial charge in [-0.2, -0.15) is 0 Å². The molecule has 1 amide bonds. The number of hydrogen-bond acceptors (Lipinski definition) is 6. The van der Waals surface area contributed by atoms with Crippen molar-refractivity contribution >= 4 is 23.5 Å². The summed E-state index contributed by atoms with van der Waals surface area (Å²) >= 11 is 0. The highest BCUT2D eigenvalue weighted by atomic mass is 16.6. The molecule has 0 unspecified atom stereocenters. The van der Waals surface area contributed by atoms with Gasteiger partial charge in [0.2, 0.25) is 0 Å². The van der Waals surface area contributed by atoms with E-state index in [-0.39, 0.29) is 6.09 Å². The molecule has 7 nitrogen and oxygen atoms in total. The monoisotopic (exact) mass is 402 g/mol.